The van der Waals surface area contributed by atoms with Gasteiger partial charge < -0.3 is 44.1 Å². The molecule has 1 atom stereocenters. The molecule has 1 unspecified atom stereocenters. The highest BCUT2D eigenvalue weighted by Gasteiger charge is 2.21. The van der Waals surface area contributed by atoms with Gasteiger partial charge in [-0.1, -0.05) is 201 Å². The maximum atomic E-state index is 13.6. The molecule has 470 valence electrons. The number of aromatic hydroxyl groups is 4. The van der Waals surface area contributed by atoms with Crippen molar-refractivity contribution in [2.75, 3.05) is 6.61 Å². The Labute approximate surface area is 532 Å². The van der Waals surface area contributed by atoms with Crippen molar-refractivity contribution in [1.29, 1.82) is 0 Å². The van der Waals surface area contributed by atoms with Crippen LogP contribution >= 0.6 is 0 Å². The number of phenols is 4. The van der Waals surface area contributed by atoms with Crippen LogP contribution in [0.2, 0.25) is 0 Å². The summed E-state index contributed by atoms with van der Waals surface area (Å²) in [7, 11) is 0. The number of phenolic OH excluding ortho intramolecular Hbond substituents is 4. The molecule has 8 aromatic rings. The van der Waals surface area contributed by atoms with Crippen molar-refractivity contribution >= 4 is 54.2 Å². The number of esters is 5. The van der Waals surface area contributed by atoms with E-state index >= 15 is 0 Å². The highest BCUT2D eigenvalue weighted by Crippen LogP contribution is 2.31. The Bertz CT molecular complexity index is 3630. The molecule has 0 saturated heterocycles. The molecule has 8 rings (SSSR count). The van der Waals surface area contributed by atoms with Crippen molar-refractivity contribution in [3.05, 3.63) is 226 Å². The van der Waals surface area contributed by atoms with Gasteiger partial charge in [-0.15, -0.1) is 0 Å². The molecule has 0 aromatic heterocycles. The van der Waals surface area contributed by atoms with Gasteiger partial charge in [0.1, 0.15) is 46.0 Å². The molecule has 8 aromatic carbocycles. The zero-order chi connectivity index (χ0) is 64.3. The van der Waals surface area contributed by atoms with E-state index in [2.05, 4.69) is 13.8 Å². The number of benzene rings is 8. The normalized spacial score (nSPS) is 11.5. The van der Waals surface area contributed by atoms with E-state index in [4.69, 9.17) is 23.7 Å². The number of hydrogen-bond donors (Lipinski definition) is 4. The first kappa shape index (κ1) is 66.7. The van der Waals surface area contributed by atoms with Crippen molar-refractivity contribution < 1.29 is 68.1 Å². The maximum absolute atomic E-state index is 13.6. The van der Waals surface area contributed by atoms with Crippen LogP contribution in [0.25, 0.3) is 35.4 Å². The fraction of sp³-hybridized carbons (Fsp3) is 0.260. The van der Waals surface area contributed by atoms with Crippen molar-refractivity contribution in [2.45, 2.75) is 117 Å². The van der Waals surface area contributed by atoms with Crippen molar-refractivity contribution in [2.24, 2.45) is 5.92 Å². The lowest BCUT2D eigenvalue weighted by atomic mass is 9.94. The minimum absolute atomic E-state index is 0.126. The summed E-state index contributed by atoms with van der Waals surface area (Å²) in [6.45, 7) is 4.99. The molecule has 0 radical (unpaired) electrons. The number of hydrogen-bond acceptors (Lipinski definition) is 14. The van der Waals surface area contributed by atoms with E-state index in [1.54, 1.807) is 60.7 Å². The fourth-order valence-electron chi connectivity index (χ4n) is 10.3. The van der Waals surface area contributed by atoms with E-state index in [-0.39, 0.29) is 39.9 Å². The van der Waals surface area contributed by atoms with Crippen LogP contribution in [-0.2, 0) is 4.74 Å². The van der Waals surface area contributed by atoms with Crippen LogP contribution in [0.1, 0.15) is 191 Å². The third-order valence-corrected chi connectivity index (χ3v) is 15.3. The van der Waals surface area contributed by atoms with E-state index in [1.807, 2.05) is 85.0 Å². The van der Waals surface area contributed by atoms with Gasteiger partial charge in [-0.3, -0.25) is 0 Å². The topological polar surface area (TPSA) is 212 Å². The number of carbonyl (C=O) groups is 5. The van der Waals surface area contributed by atoms with Crippen molar-refractivity contribution in [3.63, 3.8) is 0 Å². The first-order valence-electron chi connectivity index (χ1n) is 31.3. The summed E-state index contributed by atoms with van der Waals surface area (Å²) in [5.41, 5.74) is 5.65. The van der Waals surface area contributed by atoms with E-state index in [9.17, 15) is 44.4 Å². The molecular formula is C77H78O14. The maximum Gasteiger partial charge on any atom is 0.343 e. The Morgan fingerprint density at radius 3 is 1.02 bits per heavy atom. The van der Waals surface area contributed by atoms with Gasteiger partial charge in [0.05, 0.1) is 34.4 Å². The minimum atomic E-state index is -1.03. The van der Waals surface area contributed by atoms with Crippen molar-refractivity contribution in [3.8, 4) is 57.1 Å². The lowest BCUT2D eigenvalue weighted by molar-refractivity contribution is 0.0421. The van der Waals surface area contributed by atoms with Gasteiger partial charge in [-0.25, -0.2) is 24.0 Å². The van der Waals surface area contributed by atoms with Crippen LogP contribution in [0.5, 0.6) is 46.0 Å². The second-order valence-corrected chi connectivity index (χ2v) is 22.6. The van der Waals surface area contributed by atoms with Gasteiger partial charge in [0, 0.05) is 18.2 Å². The standard InChI is InChI=1S/C77H78O14/c1-3-5-7-9-11-12-14-16-18-57(17-15-13-10-8-6-4-2)52-87-73(82)60-31-27-55(28-32-60)25-23-53-19-21-54(22-20-53)24-26-56-29-39-69(40-30-56)88-74(83)61-35-33-58(34-36-61)59-37-41-70(42-38-59)89-77(86)64-47-71(90-75(84)62-43-65(78)49-66(79)44-62)51-72(48-64)91-76(85)63-45-67(80)50-68(81)46-63/h19-51,57,78-81H,3-18,52H2,1-2H3/b25-23+,26-24+. The van der Waals surface area contributed by atoms with Crippen LogP contribution in [0.4, 0.5) is 0 Å². The first-order chi connectivity index (χ1) is 44.2. The molecule has 0 saturated carbocycles. The Morgan fingerprint density at radius 1 is 0.319 bits per heavy atom. The van der Waals surface area contributed by atoms with Gasteiger partial charge in [-0.2, -0.15) is 0 Å². The highest BCUT2D eigenvalue weighted by molar-refractivity contribution is 5.96. The summed E-state index contributed by atoms with van der Waals surface area (Å²) in [6, 6.07) is 45.9. The summed E-state index contributed by atoms with van der Waals surface area (Å²) in [5, 5.41) is 39.6. The largest absolute Gasteiger partial charge is 0.508 e. The van der Waals surface area contributed by atoms with E-state index in [1.165, 1.54) is 89.9 Å². The van der Waals surface area contributed by atoms with Gasteiger partial charge in [0.2, 0.25) is 0 Å². The monoisotopic (exact) mass is 1230 g/mol. The van der Waals surface area contributed by atoms with Crippen LogP contribution in [0.15, 0.2) is 176 Å². The van der Waals surface area contributed by atoms with E-state index < -0.39 is 46.9 Å². The summed E-state index contributed by atoms with van der Waals surface area (Å²) >= 11 is 0. The van der Waals surface area contributed by atoms with Crippen LogP contribution in [-0.4, -0.2) is 56.9 Å². The average molecular weight is 1230 g/mol. The molecule has 4 N–H and O–H groups in total. The number of carbonyl (C=O) groups excluding carboxylic acids is 5. The Morgan fingerprint density at radius 2 is 0.615 bits per heavy atom. The van der Waals surface area contributed by atoms with Gasteiger partial charge >= 0.3 is 29.8 Å². The van der Waals surface area contributed by atoms with Gasteiger partial charge in [-0.05, 0) is 137 Å². The third kappa shape index (κ3) is 21.8. The second-order valence-electron chi connectivity index (χ2n) is 22.6. The SMILES string of the molecule is CCCCCCCCCCC(CCCCCCCC)COC(=O)c1ccc(/C=C/c2ccc(/C=C/c3ccc(OC(=O)c4ccc(-c5ccc(OC(=O)c6cc(OC(=O)c7cc(O)cc(O)c7)cc(OC(=O)c7cc(O)cc(O)c7)c6)cc5)cc4)cc3)cc2)cc1. The molecule has 0 aliphatic rings. The molecule has 14 heteroatoms. The number of unbranched alkanes of at least 4 members (excludes halogenated alkanes) is 12. The van der Waals surface area contributed by atoms with Crippen LogP contribution in [0, 0.1) is 5.92 Å². The molecule has 0 heterocycles. The molecule has 14 nitrogen and oxygen atoms in total. The van der Waals surface area contributed by atoms with Gasteiger partial charge in [0.15, 0.2) is 0 Å². The minimum Gasteiger partial charge on any atom is -0.508 e. The smallest absolute Gasteiger partial charge is 0.343 e. The lowest BCUT2D eigenvalue weighted by Crippen LogP contribution is -2.15. The van der Waals surface area contributed by atoms with Crippen molar-refractivity contribution in [1.82, 2.24) is 0 Å². The molecule has 0 spiro atoms. The highest BCUT2D eigenvalue weighted by atomic mass is 16.6. The molecular weight excluding hydrogens is 1150 g/mol. The third-order valence-electron chi connectivity index (χ3n) is 15.3. The number of ether oxygens (including phenoxy) is 5. The Hall–Kier alpha value is -10.2. The quantitative estimate of drug-likeness (QED) is 0.0134. The predicted molar refractivity (Wildman–Crippen MR) is 354 cm³/mol. The summed E-state index contributed by atoms with van der Waals surface area (Å²) < 4.78 is 28.1. The summed E-state index contributed by atoms with van der Waals surface area (Å²) in [5.74, 6) is -5.08. The molecule has 91 heavy (non-hydrogen) atoms. The fourth-order valence-corrected chi connectivity index (χ4v) is 10.3. The molecule has 0 aliphatic heterocycles. The van der Waals surface area contributed by atoms with Crippen LogP contribution < -0.4 is 18.9 Å². The zero-order valence-corrected chi connectivity index (χ0v) is 51.5. The van der Waals surface area contributed by atoms with Gasteiger partial charge in [0.25, 0.3) is 0 Å². The average Bonchev–Trinajstić information content (AvgIpc) is 3.19. The molecule has 0 bridgehead atoms. The second kappa shape index (κ2) is 34.5. The summed E-state index contributed by atoms with van der Waals surface area (Å²) in [4.78, 5) is 66.0. The lowest BCUT2D eigenvalue weighted by Gasteiger charge is -2.17. The van der Waals surface area contributed by atoms with E-state index in [0.717, 1.165) is 101 Å². The van der Waals surface area contributed by atoms with E-state index in [0.29, 0.717) is 29.4 Å². The molecule has 0 amide bonds. The Kier molecular flexibility index (Phi) is 25.3. The number of rotatable bonds is 32. The first-order valence-corrected chi connectivity index (χ1v) is 31.3. The molecule has 0 aliphatic carbocycles. The summed E-state index contributed by atoms with van der Waals surface area (Å²) in [6.07, 6.45) is 28.3. The zero-order valence-electron chi connectivity index (χ0n) is 51.5. The predicted octanol–water partition coefficient (Wildman–Crippen LogP) is 18.4. The Balaban J connectivity index is 0.789. The molecule has 0 fully saturated rings. The van der Waals surface area contributed by atoms with Crippen LogP contribution in [0.3, 0.4) is 0 Å².